The predicted molar refractivity (Wildman–Crippen MR) is 138 cm³/mol. The number of aliphatic hydroxyl groups is 1. The number of pyridine rings is 1. The molecule has 5 rings (SSSR count). The van der Waals surface area contributed by atoms with Crippen LogP contribution in [0.25, 0.3) is 0 Å². The molecule has 1 spiro atoms. The monoisotopic (exact) mass is 515 g/mol. The zero-order chi connectivity index (χ0) is 25.3. The van der Waals surface area contributed by atoms with Gasteiger partial charge in [0.15, 0.2) is 0 Å². The summed E-state index contributed by atoms with van der Waals surface area (Å²) >= 11 is 0. The second-order valence-corrected chi connectivity index (χ2v) is 11.9. The van der Waals surface area contributed by atoms with E-state index in [0.717, 1.165) is 51.0 Å². The Morgan fingerprint density at radius 2 is 2.03 bits per heavy atom. The Morgan fingerprint density at radius 3 is 2.81 bits per heavy atom. The van der Waals surface area contributed by atoms with Crippen molar-refractivity contribution in [3.63, 3.8) is 0 Å². The number of rotatable bonds is 4. The smallest absolute Gasteiger partial charge is 0.260 e. The summed E-state index contributed by atoms with van der Waals surface area (Å²) in [6, 6.07) is 4.78. The summed E-state index contributed by atoms with van der Waals surface area (Å²) in [5.41, 5.74) is 1.47. The minimum absolute atomic E-state index is 0.126. The van der Waals surface area contributed by atoms with Crippen molar-refractivity contribution in [3.05, 3.63) is 29.5 Å². The van der Waals surface area contributed by atoms with E-state index in [4.69, 9.17) is 5.11 Å². The van der Waals surface area contributed by atoms with Gasteiger partial charge in [0, 0.05) is 31.4 Å². The molecule has 2 aliphatic heterocycles. The molecule has 1 saturated heterocycles. The lowest BCUT2D eigenvalue weighted by molar-refractivity contribution is 0.102. The maximum absolute atomic E-state index is 13.4. The number of hydrogen-bond donors (Lipinski definition) is 4. The van der Waals surface area contributed by atoms with E-state index >= 15 is 0 Å². The fraction of sp³-hybridized carbons (Fsp3) is 0.583. The van der Waals surface area contributed by atoms with Gasteiger partial charge in [-0.25, -0.2) is 18.4 Å². The first-order valence-corrected chi connectivity index (χ1v) is 14.2. The number of sulfonamides is 1. The molecule has 1 aliphatic carbocycles. The van der Waals surface area contributed by atoms with Crippen LogP contribution in [-0.2, 0) is 10.0 Å². The molecule has 1 unspecified atom stereocenters. The Labute approximate surface area is 211 Å². The molecule has 4 N–H and O–H groups in total. The average molecular weight is 516 g/mol. The van der Waals surface area contributed by atoms with E-state index in [1.165, 1.54) is 18.9 Å². The van der Waals surface area contributed by atoms with E-state index in [1.54, 1.807) is 12.1 Å². The molecule has 194 valence electrons. The SMILES string of the molecule is Cc1cc2nc(n1)NCCCCC1CN(CCC13CC3)c1nc(NS(=O)(=O)CCO)ccc1C(=O)N2. The second-order valence-electron chi connectivity index (χ2n) is 10.1. The van der Waals surface area contributed by atoms with E-state index in [2.05, 4.69) is 35.2 Å². The summed E-state index contributed by atoms with van der Waals surface area (Å²) in [6.07, 6.45) is 6.67. The number of amides is 1. The third kappa shape index (κ3) is 5.39. The molecule has 0 radical (unpaired) electrons. The minimum atomic E-state index is -3.75. The highest BCUT2D eigenvalue weighted by atomic mass is 32.2. The minimum Gasteiger partial charge on any atom is -0.395 e. The Kier molecular flexibility index (Phi) is 6.73. The van der Waals surface area contributed by atoms with E-state index in [0.29, 0.717) is 34.5 Å². The van der Waals surface area contributed by atoms with E-state index < -0.39 is 22.4 Å². The first-order valence-electron chi connectivity index (χ1n) is 12.6. The third-order valence-electron chi connectivity index (χ3n) is 7.48. The Bertz CT molecular complexity index is 1250. The molecule has 36 heavy (non-hydrogen) atoms. The molecular formula is C24H33N7O4S. The first-order chi connectivity index (χ1) is 17.3. The molecule has 2 aromatic rings. The average Bonchev–Trinajstić information content (AvgIpc) is 3.59. The summed E-state index contributed by atoms with van der Waals surface area (Å²) in [6.45, 7) is 3.66. The Balaban J connectivity index is 1.52. The lowest BCUT2D eigenvalue weighted by Gasteiger charge is -2.40. The van der Waals surface area contributed by atoms with Crippen LogP contribution < -0.4 is 20.3 Å². The molecule has 3 aliphatic rings. The van der Waals surface area contributed by atoms with Crippen molar-refractivity contribution in [1.82, 2.24) is 15.0 Å². The summed E-state index contributed by atoms with van der Waals surface area (Å²) in [5, 5.41) is 15.2. The van der Waals surface area contributed by atoms with Crippen LogP contribution in [0.15, 0.2) is 18.2 Å². The summed E-state index contributed by atoms with van der Waals surface area (Å²) in [7, 11) is -3.75. The number of piperidine rings is 1. The molecule has 4 heterocycles. The van der Waals surface area contributed by atoms with Crippen LogP contribution in [0, 0.1) is 18.3 Å². The lowest BCUT2D eigenvalue weighted by Crippen LogP contribution is -2.43. The summed E-state index contributed by atoms with van der Waals surface area (Å²) in [4.78, 5) is 29.0. The normalized spacial score (nSPS) is 21.4. The molecule has 2 fully saturated rings. The van der Waals surface area contributed by atoms with Crippen LogP contribution in [0.2, 0.25) is 0 Å². The number of aryl methyl sites for hydroxylation is 1. The van der Waals surface area contributed by atoms with Gasteiger partial charge >= 0.3 is 0 Å². The number of anilines is 4. The van der Waals surface area contributed by atoms with Gasteiger partial charge in [-0.15, -0.1) is 0 Å². The maximum atomic E-state index is 13.4. The molecule has 0 aromatic carbocycles. The Hall–Kier alpha value is -2.99. The quantitative estimate of drug-likeness (QED) is 0.481. The van der Waals surface area contributed by atoms with Gasteiger partial charge < -0.3 is 20.6 Å². The number of aliphatic hydroxyl groups excluding tert-OH is 1. The van der Waals surface area contributed by atoms with Crippen molar-refractivity contribution in [3.8, 4) is 0 Å². The highest BCUT2D eigenvalue weighted by Crippen LogP contribution is 2.58. The molecule has 4 bridgehead atoms. The van der Waals surface area contributed by atoms with Crippen molar-refractivity contribution in [2.45, 2.75) is 45.4 Å². The van der Waals surface area contributed by atoms with Gasteiger partial charge in [0.2, 0.25) is 16.0 Å². The van der Waals surface area contributed by atoms with Gasteiger partial charge in [-0.05, 0) is 62.5 Å². The first kappa shape index (κ1) is 24.7. The molecule has 11 nitrogen and oxygen atoms in total. The fourth-order valence-electron chi connectivity index (χ4n) is 5.39. The lowest BCUT2D eigenvalue weighted by atomic mass is 9.79. The molecule has 1 saturated carbocycles. The Morgan fingerprint density at radius 1 is 1.19 bits per heavy atom. The predicted octanol–water partition coefficient (Wildman–Crippen LogP) is 2.37. The molecule has 1 amide bonds. The summed E-state index contributed by atoms with van der Waals surface area (Å²) < 4.78 is 26.9. The zero-order valence-electron chi connectivity index (χ0n) is 20.5. The van der Waals surface area contributed by atoms with Crippen molar-refractivity contribution in [2.24, 2.45) is 11.3 Å². The third-order valence-corrected chi connectivity index (χ3v) is 8.72. The van der Waals surface area contributed by atoms with Gasteiger partial charge in [0.05, 0.1) is 17.9 Å². The summed E-state index contributed by atoms with van der Waals surface area (Å²) in [5.74, 6) is 1.14. The van der Waals surface area contributed by atoms with Gasteiger partial charge in [-0.1, -0.05) is 6.42 Å². The van der Waals surface area contributed by atoms with E-state index in [9.17, 15) is 13.2 Å². The number of nitrogens with zero attached hydrogens (tertiary/aromatic N) is 4. The second kappa shape index (κ2) is 9.81. The standard InChI is InChI=1S/C24H33N7O4S/c1-16-14-20-28-22(33)18-5-6-19(30-36(34,35)13-12-32)27-21(18)31-11-9-24(7-8-24)17(15-31)4-2-3-10-25-23(26-16)29-20/h5-6,14,17,32H,2-4,7-13,15H2,1H3,(H,27,30)(H2,25,26,28,29,33). The van der Waals surface area contributed by atoms with Crippen LogP contribution in [0.5, 0.6) is 0 Å². The van der Waals surface area contributed by atoms with Gasteiger partial charge in [0.1, 0.15) is 17.5 Å². The number of nitrogens with one attached hydrogen (secondary N) is 3. The van der Waals surface area contributed by atoms with E-state index in [-0.39, 0.29) is 11.7 Å². The van der Waals surface area contributed by atoms with Gasteiger partial charge in [-0.3, -0.25) is 9.52 Å². The van der Waals surface area contributed by atoms with Crippen LogP contribution in [0.3, 0.4) is 0 Å². The van der Waals surface area contributed by atoms with Crippen molar-refractivity contribution >= 4 is 39.3 Å². The van der Waals surface area contributed by atoms with E-state index in [1.807, 2.05) is 6.92 Å². The molecule has 1 atom stereocenters. The van der Waals surface area contributed by atoms with Crippen molar-refractivity contribution in [1.29, 1.82) is 0 Å². The largest absolute Gasteiger partial charge is 0.395 e. The number of carbonyl (C=O) groups excluding carboxylic acids is 1. The van der Waals surface area contributed by atoms with Crippen molar-refractivity contribution < 1.29 is 18.3 Å². The van der Waals surface area contributed by atoms with Crippen LogP contribution in [0.4, 0.5) is 23.4 Å². The van der Waals surface area contributed by atoms with Crippen molar-refractivity contribution in [2.75, 3.05) is 52.2 Å². The van der Waals surface area contributed by atoms with Crippen LogP contribution in [-0.4, -0.2) is 66.4 Å². The fourth-order valence-corrected chi connectivity index (χ4v) is 6.16. The number of aromatic nitrogens is 3. The van der Waals surface area contributed by atoms with Gasteiger partial charge in [-0.2, -0.15) is 4.98 Å². The van der Waals surface area contributed by atoms with Gasteiger partial charge in [0.25, 0.3) is 5.91 Å². The molecule has 2 aromatic heterocycles. The number of hydrogen-bond acceptors (Lipinski definition) is 9. The highest BCUT2D eigenvalue weighted by Gasteiger charge is 2.51. The topological polar surface area (TPSA) is 149 Å². The highest BCUT2D eigenvalue weighted by molar-refractivity contribution is 7.92. The molecule has 12 heteroatoms. The maximum Gasteiger partial charge on any atom is 0.260 e. The number of fused-ring (bicyclic) bond motifs is 7. The van der Waals surface area contributed by atoms with Crippen LogP contribution in [0.1, 0.15) is 54.6 Å². The number of carbonyl (C=O) groups is 1. The zero-order valence-corrected chi connectivity index (χ0v) is 21.3. The van der Waals surface area contributed by atoms with Crippen LogP contribution >= 0.6 is 0 Å². The molecular weight excluding hydrogens is 482 g/mol.